The van der Waals surface area contributed by atoms with E-state index in [0.29, 0.717) is 5.92 Å². The number of carbonyl (C=O) groups excluding carboxylic acids is 1. The maximum Gasteiger partial charge on any atom is 0.256 e. The highest BCUT2D eigenvalue weighted by molar-refractivity contribution is 9.10. The molecule has 2 atom stereocenters. The lowest BCUT2D eigenvalue weighted by Gasteiger charge is -2.36. The van der Waals surface area contributed by atoms with Crippen LogP contribution in [-0.4, -0.2) is 23.9 Å². The van der Waals surface area contributed by atoms with Crippen LogP contribution in [-0.2, 0) is 0 Å². The van der Waals surface area contributed by atoms with Crippen molar-refractivity contribution in [2.45, 2.75) is 38.6 Å². The first kappa shape index (κ1) is 14.5. The summed E-state index contributed by atoms with van der Waals surface area (Å²) in [5.41, 5.74) is 0.148. The number of nitrogens with zero attached hydrogens (tertiary/aromatic N) is 1. The third kappa shape index (κ3) is 3.16. The summed E-state index contributed by atoms with van der Waals surface area (Å²) in [6, 6.07) is 4.71. The molecule has 2 unspecified atom stereocenters. The molecule has 0 aromatic heterocycles. The van der Waals surface area contributed by atoms with Crippen molar-refractivity contribution in [3.63, 3.8) is 0 Å². The zero-order valence-electron chi connectivity index (χ0n) is 11.3. The minimum atomic E-state index is -0.455. The van der Waals surface area contributed by atoms with E-state index in [2.05, 4.69) is 22.9 Å². The van der Waals surface area contributed by atoms with Crippen molar-refractivity contribution in [2.24, 2.45) is 5.92 Å². The van der Waals surface area contributed by atoms with Crippen molar-refractivity contribution in [1.29, 1.82) is 0 Å². The molecule has 0 radical (unpaired) electrons. The molecule has 0 saturated heterocycles. The smallest absolute Gasteiger partial charge is 0.256 e. The van der Waals surface area contributed by atoms with Crippen LogP contribution in [0.3, 0.4) is 0 Å². The summed E-state index contributed by atoms with van der Waals surface area (Å²) in [5, 5.41) is 0. The zero-order valence-corrected chi connectivity index (χ0v) is 12.9. The topological polar surface area (TPSA) is 20.3 Å². The van der Waals surface area contributed by atoms with E-state index >= 15 is 0 Å². The number of amides is 1. The summed E-state index contributed by atoms with van der Waals surface area (Å²) < 4.78 is 14.5. The van der Waals surface area contributed by atoms with Gasteiger partial charge in [0.05, 0.1) is 5.56 Å². The van der Waals surface area contributed by atoms with Gasteiger partial charge in [-0.1, -0.05) is 35.7 Å². The van der Waals surface area contributed by atoms with Crippen molar-refractivity contribution in [1.82, 2.24) is 4.90 Å². The van der Waals surface area contributed by atoms with Gasteiger partial charge < -0.3 is 4.90 Å². The van der Waals surface area contributed by atoms with Crippen LogP contribution >= 0.6 is 15.9 Å². The van der Waals surface area contributed by atoms with Crippen molar-refractivity contribution >= 4 is 21.8 Å². The SMILES string of the molecule is CC1CCCCC1N(C)C(=O)c1cc(Br)ccc1F. The molecule has 1 amide bonds. The monoisotopic (exact) mass is 327 g/mol. The first-order valence-electron chi connectivity index (χ1n) is 6.73. The van der Waals surface area contributed by atoms with Crippen LogP contribution in [0.25, 0.3) is 0 Å². The number of halogens is 2. The molecule has 19 heavy (non-hydrogen) atoms. The highest BCUT2D eigenvalue weighted by Gasteiger charge is 2.29. The summed E-state index contributed by atoms with van der Waals surface area (Å²) in [6.45, 7) is 2.17. The minimum absolute atomic E-state index is 0.148. The molecule has 0 spiro atoms. The molecular formula is C15H19BrFNO. The number of carbonyl (C=O) groups is 1. The molecule has 0 aliphatic heterocycles. The van der Waals surface area contributed by atoms with Gasteiger partial charge in [-0.3, -0.25) is 4.79 Å². The van der Waals surface area contributed by atoms with Crippen LogP contribution in [0, 0.1) is 11.7 Å². The molecule has 0 N–H and O–H groups in total. The Balaban J connectivity index is 2.20. The highest BCUT2D eigenvalue weighted by Crippen LogP contribution is 2.28. The molecule has 0 heterocycles. The summed E-state index contributed by atoms with van der Waals surface area (Å²) in [6.07, 6.45) is 4.53. The molecule has 1 aliphatic carbocycles. The second kappa shape index (κ2) is 6.04. The second-order valence-electron chi connectivity index (χ2n) is 5.37. The van der Waals surface area contributed by atoms with E-state index in [0.717, 1.165) is 23.7 Å². The summed E-state index contributed by atoms with van der Waals surface area (Å²) >= 11 is 3.28. The predicted molar refractivity (Wildman–Crippen MR) is 77.6 cm³/mol. The van der Waals surface area contributed by atoms with Crippen molar-refractivity contribution in [3.05, 3.63) is 34.1 Å². The van der Waals surface area contributed by atoms with Crippen LogP contribution in [0.15, 0.2) is 22.7 Å². The molecule has 2 nitrogen and oxygen atoms in total. The summed E-state index contributed by atoms with van der Waals surface area (Å²) in [7, 11) is 1.79. The van der Waals surface area contributed by atoms with E-state index < -0.39 is 5.82 Å². The van der Waals surface area contributed by atoms with E-state index in [-0.39, 0.29) is 17.5 Å². The zero-order chi connectivity index (χ0) is 14.0. The van der Waals surface area contributed by atoms with Gasteiger partial charge in [0, 0.05) is 17.6 Å². The Bertz CT molecular complexity index is 477. The Morgan fingerprint density at radius 1 is 1.37 bits per heavy atom. The van der Waals surface area contributed by atoms with Crippen LogP contribution in [0.5, 0.6) is 0 Å². The average Bonchev–Trinajstić information content (AvgIpc) is 2.40. The molecule has 1 aliphatic rings. The third-order valence-electron chi connectivity index (χ3n) is 4.04. The fourth-order valence-electron chi connectivity index (χ4n) is 2.87. The number of rotatable bonds is 2. The Labute approximate surface area is 122 Å². The first-order chi connectivity index (χ1) is 9.00. The molecule has 1 aromatic rings. The first-order valence-corrected chi connectivity index (χ1v) is 7.52. The van der Waals surface area contributed by atoms with E-state index in [9.17, 15) is 9.18 Å². The summed E-state index contributed by atoms with van der Waals surface area (Å²) in [5.74, 6) is -0.195. The average molecular weight is 328 g/mol. The standard InChI is InChI=1S/C15H19BrFNO/c1-10-5-3-4-6-14(10)18(2)15(19)12-9-11(16)7-8-13(12)17/h7-10,14H,3-6H2,1-2H3. The molecule has 104 valence electrons. The molecule has 1 fully saturated rings. The lowest BCUT2D eigenvalue weighted by molar-refractivity contribution is 0.0624. The molecule has 1 aromatic carbocycles. The van der Waals surface area contributed by atoms with E-state index in [1.807, 2.05) is 0 Å². The van der Waals surface area contributed by atoms with Gasteiger partial charge in [0.1, 0.15) is 5.82 Å². The van der Waals surface area contributed by atoms with Crippen molar-refractivity contribution in [3.8, 4) is 0 Å². The number of hydrogen-bond acceptors (Lipinski definition) is 1. The van der Waals surface area contributed by atoms with E-state index in [1.165, 1.54) is 12.5 Å². The van der Waals surface area contributed by atoms with Crippen LogP contribution in [0.1, 0.15) is 43.0 Å². The van der Waals surface area contributed by atoms with Crippen LogP contribution < -0.4 is 0 Å². The fourth-order valence-corrected chi connectivity index (χ4v) is 3.24. The highest BCUT2D eigenvalue weighted by atomic mass is 79.9. The van der Waals surface area contributed by atoms with Crippen molar-refractivity contribution < 1.29 is 9.18 Å². The Morgan fingerprint density at radius 2 is 2.05 bits per heavy atom. The largest absolute Gasteiger partial charge is 0.338 e. The lowest BCUT2D eigenvalue weighted by atomic mass is 9.85. The van der Waals surface area contributed by atoms with Gasteiger partial charge in [-0.25, -0.2) is 4.39 Å². The second-order valence-corrected chi connectivity index (χ2v) is 6.28. The van der Waals surface area contributed by atoms with Gasteiger partial charge in [0.25, 0.3) is 5.91 Å². The molecule has 0 bridgehead atoms. The predicted octanol–water partition coefficient (Wildman–Crippen LogP) is 4.24. The maximum atomic E-state index is 13.8. The minimum Gasteiger partial charge on any atom is -0.338 e. The van der Waals surface area contributed by atoms with Gasteiger partial charge in [0.2, 0.25) is 0 Å². The van der Waals surface area contributed by atoms with Gasteiger partial charge in [0.15, 0.2) is 0 Å². The van der Waals surface area contributed by atoms with Crippen LogP contribution in [0.2, 0.25) is 0 Å². The van der Waals surface area contributed by atoms with Gasteiger partial charge in [-0.15, -0.1) is 0 Å². The lowest BCUT2D eigenvalue weighted by Crippen LogP contribution is -2.42. The van der Waals surface area contributed by atoms with Crippen LogP contribution in [0.4, 0.5) is 4.39 Å². The molecule has 4 heteroatoms. The number of benzene rings is 1. The van der Waals surface area contributed by atoms with E-state index in [1.54, 1.807) is 24.1 Å². The molecule has 2 rings (SSSR count). The van der Waals surface area contributed by atoms with E-state index in [4.69, 9.17) is 0 Å². The quantitative estimate of drug-likeness (QED) is 0.795. The van der Waals surface area contributed by atoms with Gasteiger partial charge in [-0.05, 0) is 37.0 Å². The Kier molecular flexibility index (Phi) is 4.61. The molecule has 1 saturated carbocycles. The molecular weight excluding hydrogens is 309 g/mol. The normalized spacial score (nSPS) is 23.2. The Morgan fingerprint density at radius 3 is 2.74 bits per heavy atom. The fraction of sp³-hybridized carbons (Fsp3) is 0.533. The Hall–Kier alpha value is -0.900. The maximum absolute atomic E-state index is 13.8. The number of hydrogen-bond donors (Lipinski definition) is 0. The summed E-state index contributed by atoms with van der Waals surface area (Å²) in [4.78, 5) is 14.1. The van der Waals surface area contributed by atoms with Crippen molar-refractivity contribution in [2.75, 3.05) is 7.05 Å². The van der Waals surface area contributed by atoms with Gasteiger partial charge in [-0.2, -0.15) is 0 Å². The third-order valence-corrected chi connectivity index (χ3v) is 4.54. The van der Waals surface area contributed by atoms with Gasteiger partial charge >= 0.3 is 0 Å².